The molecule has 5 heteroatoms. The van der Waals surface area contributed by atoms with Gasteiger partial charge in [0.05, 0.1) is 5.69 Å². The maximum absolute atomic E-state index is 11.8. The molecular weight excluding hydrogens is 216 g/mol. The van der Waals surface area contributed by atoms with Crippen LogP contribution in [0.25, 0.3) is 0 Å². The summed E-state index contributed by atoms with van der Waals surface area (Å²) in [7, 11) is 0. The molecule has 1 fully saturated rings. The van der Waals surface area contributed by atoms with Gasteiger partial charge in [0.2, 0.25) is 0 Å². The zero-order valence-electron chi connectivity index (χ0n) is 9.94. The summed E-state index contributed by atoms with van der Waals surface area (Å²) in [6, 6.07) is 3.35. The largest absolute Gasteiger partial charge is 0.350 e. The van der Waals surface area contributed by atoms with Crippen LogP contribution in [-0.2, 0) is 0 Å². The molecule has 0 bridgehead atoms. The predicted molar refractivity (Wildman–Crippen MR) is 66.3 cm³/mol. The summed E-state index contributed by atoms with van der Waals surface area (Å²) in [5.74, 6) is 6.48. The van der Waals surface area contributed by atoms with E-state index in [4.69, 9.17) is 5.84 Å². The fraction of sp³-hybridized carbons (Fsp3) is 0.500. The van der Waals surface area contributed by atoms with E-state index in [1.807, 2.05) is 0 Å². The number of hydrazine groups is 1. The summed E-state index contributed by atoms with van der Waals surface area (Å²) in [5, 5.41) is 2.90. The number of aromatic nitrogens is 1. The van der Waals surface area contributed by atoms with Crippen LogP contribution in [0.4, 0.5) is 5.69 Å². The predicted octanol–water partition coefficient (Wildman–Crippen LogP) is 1.14. The van der Waals surface area contributed by atoms with E-state index in [2.05, 4.69) is 22.7 Å². The molecule has 1 saturated carbocycles. The second kappa shape index (κ2) is 5.14. The van der Waals surface area contributed by atoms with Crippen LogP contribution in [0, 0.1) is 11.8 Å². The van der Waals surface area contributed by atoms with Crippen molar-refractivity contribution in [2.24, 2.45) is 17.7 Å². The molecule has 4 N–H and O–H groups in total. The molecule has 0 aliphatic heterocycles. The Kier molecular flexibility index (Phi) is 3.58. The second-order valence-electron chi connectivity index (χ2n) is 4.60. The van der Waals surface area contributed by atoms with Crippen molar-refractivity contribution in [2.75, 3.05) is 12.0 Å². The van der Waals surface area contributed by atoms with Gasteiger partial charge in [-0.3, -0.25) is 15.6 Å². The minimum Gasteiger partial charge on any atom is -0.350 e. The van der Waals surface area contributed by atoms with Gasteiger partial charge in [-0.1, -0.05) is 6.92 Å². The van der Waals surface area contributed by atoms with Crippen LogP contribution in [0.1, 0.15) is 30.3 Å². The highest BCUT2D eigenvalue weighted by Gasteiger charge is 2.27. The number of nitrogens with one attached hydrogen (secondary N) is 2. The number of carbonyl (C=O) groups is 1. The van der Waals surface area contributed by atoms with E-state index in [9.17, 15) is 4.79 Å². The van der Waals surface area contributed by atoms with Gasteiger partial charge in [0.15, 0.2) is 0 Å². The SMILES string of the molecule is CC(CNC(=O)c1cc(NN)ccn1)C1CC1. The van der Waals surface area contributed by atoms with Crippen molar-refractivity contribution in [3.63, 3.8) is 0 Å². The van der Waals surface area contributed by atoms with E-state index in [0.29, 0.717) is 23.8 Å². The lowest BCUT2D eigenvalue weighted by atomic mass is 10.1. The van der Waals surface area contributed by atoms with E-state index in [1.165, 1.54) is 12.8 Å². The zero-order chi connectivity index (χ0) is 12.3. The van der Waals surface area contributed by atoms with Gasteiger partial charge >= 0.3 is 0 Å². The topological polar surface area (TPSA) is 80.0 Å². The maximum atomic E-state index is 11.8. The van der Waals surface area contributed by atoms with E-state index < -0.39 is 0 Å². The van der Waals surface area contributed by atoms with E-state index >= 15 is 0 Å². The van der Waals surface area contributed by atoms with Crippen molar-refractivity contribution in [2.45, 2.75) is 19.8 Å². The fourth-order valence-corrected chi connectivity index (χ4v) is 1.82. The summed E-state index contributed by atoms with van der Waals surface area (Å²) in [6.07, 6.45) is 4.15. The Hall–Kier alpha value is -1.62. The van der Waals surface area contributed by atoms with E-state index in [0.717, 1.165) is 5.92 Å². The molecular formula is C12H18N4O. The Morgan fingerprint density at radius 3 is 3.06 bits per heavy atom. The molecule has 0 radical (unpaired) electrons. The van der Waals surface area contributed by atoms with Crippen molar-refractivity contribution >= 4 is 11.6 Å². The second-order valence-corrected chi connectivity index (χ2v) is 4.60. The normalized spacial score (nSPS) is 16.4. The third-order valence-electron chi connectivity index (χ3n) is 3.17. The standard InChI is InChI=1S/C12H18N4O/c1-8(9-2-3-9)7-15-12(17)11-6-10(16-13)4-5-14-11/h4-6,8-9H,2-3,7,13H2,1H3,(H,14,16)(H,15,17). The first-order valence-corrected chi connectivity index (χ1v) is 5.91. The number of rotatable bonds is 5. The number of anilines is 1. The lowest BCUT2D eigenvalue weighted by molar-refractivity contribution is 0.0942. The monoisotopic (exact) mass is 234 g/mol. The molecule has 0 aromatic carbocycles. The Morgan fingerprint density at radius 1 is 1.65 bits per heavy atom. The van der Waals surface area contributed by atoms with Gasteiger partial charge in [-0.2, -0.15) is 0 Å². The summed E-state index contributed by atoms with van der Waals surface area (Å²) in [6.45, 7) is 2.88. The van der Waals surface area contributed by atoms with Gasteiger partial charge < -0.3 is 10.7 Å². The van der Waals surface area contributed by atoms with Crippen molar-refractivity contribution in [1.29, 1.82) is 0 Å². The minimum absolute atomic E-state index is 0.144. The number of nitrogens with zero attached hydrogens (tertiary/aromatic N) is 1. The Morgan fingerprint density at radius 2 is 2.41 bits per heavy atom. The molecule has 1 atom stereocenters. The third kappa shape index (κ3) is 3.17. The van der Waals surface area contributed by atoms with Crippen molar-refractivity contribution < 1.29 is 4.79 Å². The van der Waals surface area contributed by atoms with Crippen LogP contribution >= 0.6 is 0 Å². The lowest BCUT2D eigenvalue weighted by Gasteiger charge is -2.11. The molecule has 1 amide bonds. The van der Waals surface area contributed by atoms with Gasteiger partial charge in [-0.15, -0.1) is 0 Å². The summed E-state index contributed by atoms with van der Waals surface area (Å²) in [5.41, 5.74) is 3.57. The Labute approximate surface area is 101 Å². The molecule has 1 aromatic rings. The van der Waals surface area contributed by atoms with Crippen LogP contribution in [0.2, 0.25) is 0 Å². The average Bonchev–Trinajstić information content (AvgIpc) is 3.19. The highest BCUT2D eigenvalue weighted by atomic mass is 16.1. The first kappa shape index (κ1) is 11.9. The molecule has 1 aromatic heterocycles. The first-order chi connectivity index (χ1) is 8.20. The van der Waals surface area contributed by atoms with E-state index in [-0.39, 0.29) is 5.91 Å². The molecule has 0 saturated heterocycles. The quantitative estimate of drug-likeness (QED) is 0.527. The van der Waals surface area contributed by atoms with Crippen LogP contribution in [0.5, 0.6) is 0 Å². The lowest BCUT2D eigenvalue weighted by Crippen LogP contribution is -2.29. The molecule has 1 aliphatic carbocycles. The van der Waals surface area contributed by atoms with Gasteiger partial charge in [-0.25, -0.2) is 0 Å². The van der Waals surface area contributed by atoms with E-state index in [1.54, 1.807) is 18.3 Å². The van der Waals surface area contributed by atoms with Crippen LogP contribution in [0.15, 0.2) is 18.3 Å². The molecule has 1 heterocycles. The number of hydrogen-bond acceptors (Lipinski definition) is 4. The van der Waals surface area contributed by atoms with Gasteiger partial charge in [-0.05, 0) is 36.8 Å². The van der Waals surface area contributed by atoms with Crippen molar-refractivity contribution in [3.05, 3.63) is 24.0 Å². The summed E-state index contributed by atoms with van der Waals surface area (Å²) < 4.78 is 0. The van der Waals surface area contributed by atoms with Crippen LogP contribution < -0.4 is 16.6 Å². The molecule has 2 rings (SSSR count). The number of amides is 1. The Balaban J connectivity index is 1.89. The van der Waals surface area contributed by atoms with Crippen LogP contribution in [-0.4, -0.2) is 17.4 Å². The third-order valence-corrected chi connectivity index (χ3v) is 3.17. The Bertz CT molecular complexity index is 403. The van der Waals surface area contributed by atoms with Gasteiger partial charge in [0.25, 0.3) is 5.91 Å². The number of nitrogen functional groups attached to an aromatic ring is 1. The number of nitrogens with two attached hydrogens (primary N) is 1. The average molecular weight is 234 g/mol. The van der Waals surface area contributed by atoms with Crippen molar-refractivity contribution in [3.8, 4) is 0 Å². The van der Waals surface area contributed by atoms with Crippen LogP contribution in [0.3, 0.4) is 0 Å². The molecule has 92 valence electrons. The fourth-order valence-electron chi connectivity index (χ4n) is 1.82. The smallest absolute Gasteiger partial charge is 0.269 e. The molecule has 0 spiro atoms. The minimum atomic E-state index is -0.144. The highest BCUT2D eigenvalue weighted by molar-refractivity contribution is 5.93. The zero-order valence-corrected chi connectivity index (χ0v) is 9.94. The number of carbonyl (C=O) groups excluding carboxylic acids is 1. The highest BCUT2D eigenvalue weighted by Crippen LogP contribution is 2.36. The van der Waals surface area contributed by atoms with Gasteiger partial charge in [0, 0.05) is 12.7 Å². The van der Waals surface area contributed by atoms with Crippen molar-refractivity contribution in [1.82, 2.24) is 10.3 Å². The molecule has 1 aliphatic rings. The molecule has 17 heavy (non-hydrogen) atoms. The molecule has 5 nitrogen and oxygen atoms in total. The maximum Gasteiger partial charge on any atom is 0.269 e. The number of hydrogen-bond donors (Lipinski definition) is 3. The molecule has 1 unspecified atom stereocenters. The number of pyridine rings is 1. The summed E-state index contributed by atoms with van der Waals surface area (Å²) in [4.78, 5) is 15.8. The van der Waals surface area contributed by atoms with Gasteiger partial charge in [0.1, 0.15) is 5.69 Å². The summed E-state index contributed by atoms with van der Waals surface area (Å²) >= 11 is 0. The first-order valence-electron chi connectivity index (χ1n) is 5.91.